The van der Waals surface area contributed by atoms with Gasteiger partial charge in [0.25, 0.3) is 10.0 Å². The number of rotatable bonds is 5. The van der Waals surface area contributed by atoms with Crippen molar-refractivity contribution in [1.82, 2.24) is 14.7 Å². The Morgan fingerprint density at radius 2 is 2.15 bits per heavy atom. The predicted molar refractivity (Wildman–Crippen MR) is 80.8 cm³/mol. The summed E-state index contributed by atoms with van der Waals surface area (Å²) >= 11 is 5.05. The molecule has 0 aliphatic heterocycles. The van der Waals surface area contributed by atoms with E-state index >= 15 is 0 Å². The molecule has 1 saturated carbocycles. The molecule has 4 N–H and O–H groups in total. The van der Waals surface area contributed by atoms with Crippen molar-refractivity contribution in [3.8, 4) is 0 Å². The summed E-state index contributed by atoms with van der Waals surface area (Å²) in [5.74, 6) is 0.731. The van der Waals surface area contributed by atoms with Gasteiger partial charge in [0.05, 0.1) is 17.2 Å². The number of sulfonamides is 1. The predicted octanol–water partition coefficient (Wildman–Crippen LogP) is 1.23. The Kier molecular flexibility index (Phi) is 4.77. The van der Waals surface area contributed by atoms with E-state index in [4.69, 9.17) is 18.0 Å². The number of hydrogen-bond donors (Lipinski definition) is 3. The lowest BCUT2D eigenvalue weighted by Gasteiger charge is -2.29. The molecule has 112 valence electrons. The van der Waals surface area contributed by atoms with Crippen LogP contribution < -0.4 is 10.5 Å². The Balaban J connectivity index is 2.17. The van der Waals surface area contributed by atoms with Crippen molar-refractivity contribution in [3.63, 3.8) is 0 Å². The third-order valence-corrected chi connectivity index (χ3v) is 5.28. The van der Waals surface area contributed by atoms with Crippen molar-refractivity contribution in [2.75, 3.05) is 0 Å². The fourth-order valence-corrected chi connectivity index (χ4v) is 4.20. The van der Waals surface area contributed by atoms with Crippen LogP contribution in [0.4, 0.5) is 0 Å². The summed E-state index contributed by atoms with van der Waals surface area (Å²) in [6.07, 6.45) is 6.57. The van der Waals surface area contributed by atoms with Crippen LogP contribution in [0.25, 0.3) is 0 Å². The molecule has 1 aromatic heterocycles. The van der Waals surface area contributed by atoms with E-state index in [1.807, 2.05) is 0 Å². The highest BCUT2D eigenvalue weighted by Gasteiger charge is 2.30. The number of aryl methyl sites for hydroxylation is 1. The first-order valence-electron chi connectivity index (χ1n) is 6.73. The third-order valence-electron chi connectivity index (χ3n) is 3.68. The minimum Gasteiger partial charge on any atom is -0.392 e. The second-order valence-electron chi connectivity index (χ2n) is 5.23. The zero-order valence-corrected chi connectivity index (χ0v) is 13.1. The van der Waals surface area contributed by atoms with Gasteiger partial charge in [-0.3, -0.25) is 0 Å². The molecule has 1 aliphatic carbocycles. The normalized spacial score (nSPS) is 18.9. The van der Waals surface area contributed by atoms with Crippen LogP contribution >= 0.6 is 12.2 Å². The standard InChI is InChI=1S/C12H20N4O2S2/c1-8-14-7-10(15-8)20(17,18)16-11(12(13)19)9-5-3-2-4-6-9/h7,9,11,16H,2-6H2,1H3,(H2,13,19)(H,14,15). The van der Waals surface area contributed by atoms with Gasteiger partial charge in [-0.1, -0.05) is 31.5 Å². The van der Waals surface area contributed by atoms with Crippen LogP contribution in [0.1, 0.15) is 37.9 Å². The molecule has 1 aliphatic rings. The Bertz CT molecular complexity index is 576. The second-order valence-corrected chi connectivity index (χ2v) is 7.39. The number of hydrogen-bond acceptors (Lipinski definition) is 4. The highest BCUT2D eigenvalue weighted by Crippen LogP contribution is 2.27. The van der Waals surface area contributed by atoms with Crippen molar-refractivity contribution >= 4 is 27.2 Å². The van der Waals surface area contributed by atoms with Crippen LogP contribution in [0.15, 0.2) is 11.2 Å². The maximum absolute atomic E-state index is 12.3. The van der Waals surface area contributed by atoms with Gasteiger partial charge in [-0.2, -0.15) is 4.72 Å². The van der Waals surface area contributed by atoms with Gasteiger partial charge in [-0.15, -0.1) is 0 Å². The smallest absolute Gasteiger partial charge is 0.258 e. The highest BCUT2D eigenvalue weighted by molar-refractivity contribution is 7.89. The first-order chi connectivity index (χ1) is 9.40. The quantitative estimate of drug-likeness (QED) is 0.709. The summed E-state index contributed by atoms with van der Waals surface area (Å²) in [5, 5.41) is 0.0482. The van der Waals surface area contributed by atoms with Crippen molar-refractivity contribution < 1.29 is 8.42 Å². The Morgan fingerprint density at radius 1 is 1.50 bits per heavy atom. The van der Waals surface area contributed by atoms with Gasteiger partial charge in [0.2, 0.25) is 0 Å². The lowest BCUT2D eigenvalue weighted by Crippen LogP contribution is -2.48. The monoisotopic (exact) mass is 316 g/mol. The van der Waals surface area contributed by atoms with Gasteiger partial charge >= 0.3 is 0 Å². The second kappa shape index (κ2) is 6.19. The number of H-pyrrole nitrogens is 1. The molecule has 0 amide bonds. The van der Waals surface area contributed by atoms with Gasteiger partial charge in [0.1, 0.15) is 5.82 Å². The topological polar surface area (TPSA) is 101 Å². The van der Waals surface area contributed by atoms with E-state index in [9.17, 15) is 8.42 Å². The SMILES string of the molecule is Cc1ncc(S(=O)(=O)NC(C(N)=S)C2CCCCC2)[nH]1. The molecular formula is C12H20N4O2S2. The van der Waals surface area contributed by atoms with Crippen LogP contribution in [-0.4, -0.2) is 29.4 Å². The Hall–Kier alpha value is -0.990. The Morgan fingerprint density at radius 3 is 2.65 bits per heavy atom. The lowest BCUT2D eigenvalue weighted by molar-refractivity contribution is 0.330. The highest BCUT2D eigenvalue weighted by atomic mass is 32.2. The largest absolute Gasteiger partial charge is 0.392 e. The summed E-state index contributed by atoms with van der Waals surface area (Å²) < 4.78 is 27.2. The summed E-state index contributed by atoms with van der Waals surface area (Å²) in [4.78, 5) is 6.83. The molecular weight excluding hydrogens is 296 g/mol. The Labute approximate surface area is 124 Å². The van der Waals surface area contributed by atoms with Gasteiger partial charge in [0.15, 0.2) is 5.03 Å². The number of aromatic amines is 1. The molecule has 1 aromatic rings. The van der Waals surface area contributed by atoms with Gasteiger partial charge in [-0.05, 0) is 25.7 Å². The molecule has 0 aromatic carbocycles. The minimum absolute atomic E-state index is 0.0482. The van der Waals surface area contributed by atoms with Crippen molar-refractivity contribution in [2.24, 2.45) is 11.7 Å². The number of nitrogens with one attached hydrogen (secondary N) is 2. The lowest BCUT2D eigenvalue weighted by atomic mass is 9.84. The molecule has 0 spiro atoms. The zero-order chi connectivity index (χ0) is 14.8. The van der Waals surface area contributed by atoms with Crippen molar-refractivity contribution in [1.29, 1.82) is 0 Å². The van der Waals surface area contributed by atoms with Crippen LogP contribution in [0.3, 0.4) is 0 Å². The molecule has 0 bridgehead atoms. The maximum Gasteiger partial charge on any atom is 0.258 e. The fraction of sp³-hybridized carbons (Fsp3) is 0.667. The number of nitrogens with zero attached hydrogens (tertiary/aromatic N) is 1. The van der Waals surface area contributed by atoms with Gasteiger partial charge in [0, 0.05) is 0 Å². The molecule has 2 rings (SSSR count). The molecule has 20 heavy (non-hydrogen) atoms. The van der Waals surface area contributed by atoms with E-state index < -0.39 is 16.1 Å². The van der Waals surface area contributed by atoms with E-state index in [2.05, 4.69) is 14.7 Å². The van der Waals surface area contributed by atoms with Crippen LogP contribution in [-0.2, 0) is 10.0 Å². The van der Waals surface area contributed by atoms with E-state index in [1.54, 1.807) is 6.92 Å². The summed E-state index contributed by atoms with van der Waals surface area (Å²) in [6.45, 7) is 1.70. The van der Waals surface area contributed by atoms with Crippen LogP contribution in [0.5, 0.6) is 0 Å². The zero-order valence-electron chi connectivity index (χ0n) is 11.4. The molecule has 1 unspecified atom stereocenters. The number of nitrogens with two attached hydrogens (primary N) is 1. The molecule has 0 radical (unpaired) electrons. The average Bonchev–Trinajstić information content (AvgIpc) is 2.84. The van der Waals surface area contributed by atoms with E-state index in [-0.39, 0.29) is 15.9 Å². The first kappa shape index (κ1) is 15.4. The molecule has 8 heteroatoms. The molecule has 0 saturated heterocycles. The summed E-state index contributed by atoms with van der Waals surface area (Å²) in [6, 6.07) is -0.487. The number of imidazole rings is 1. The maximum atomic E-state index is 12.3. The van der Waals surface area contributed by atoms with Crippen molar-refractivity contribution in [3.05, 3.63) is 12.0 Å². The first-order valence-corrected chi connectivity index (χ1v) is 8.62. The molecule has 1 fully saturated rings. The van der Waals surface area contributed by atoms with E-state index in [0.29, 0.717) is 5.82 Å². The van der Waals surface area contributed by atoms with Gasteiger partial charge in [-0.25, -0.2) is 13.4 Å². The van der Waals surface area contributed by atoms with E-state index in [0.717, 1.165) is 25.7 Å². The van der Waals surface area contributed by atoms with Crippen molar-refractivity contribution in [2.45, 2.75) is 50.1 Å². The third kappa shape index (κ3) is 3.56. The average molecular weight is 316 g/mol. The fourth-order valence-electron chi connectivity index (χ4n) is 2.62. The summed E-state index contributed by atoms with van der Waals surface area (Å²) in [5.41, 5.74) is 5.74. The molecule has 1 heterocycles. The van der Waals surface area contributed by atoms with Gasteiger partial charge < -0.3 is 10.7 Å². The molecule has 1 atom stereocenters. The van der Waals surface area contributed by atoms with Crippen LogP contribution in [0, 0.1) is 12.8 Å². The number of aromatic nitrogens is 2. The summed E-state index contributed by atoms with van der Waals surface area (Å²) in [7, 11) is -3.67. The number of thiocarbonyl (C=S) groups is 1. The molecule has 6 nitrogen and oxygen atoms in total. The minimum atomic E-state index is -3.67. The van der Waals surface area contributed by atoms with E-state index in [1.165, 1.54) is 12.6 Å². The van der Waals surface area contributed by atoms with Crippen LogP contribution in [0.2, 0.25) is 0 Å².